The molecule has 1 unspecified atom stereocenters. The van der Waals surface area contributed by atoms with Crippen LogP contribution in [0, 0.1) is 0 Å². The second kappa shape index (κ2) is 11.1. The van der Waals surface area contributed by atoms with Crippen molar-refractivity contribution in [1.82, 2.24) is 0 Å². The lowest BCUT2D eigenvalue weighted by molar-refractivity contribution is 0.121. The third-order valence-corrected chi connectivity index (χ3v) is 10.8. The Kier molecular flexibility index (Phi) is 11.3. The Morgan fingerprint density at radius 2 is 1.63 bits per heavy atom. The highest BCUT2D eigenvalue weighted by Crippen LogP contribution is 2.19. The molecular weight excluding hydrogens is 292 g/mol. The van der Waals surface area contributed by atoms with Gasteiger partial charge in [-0.05, 0) is 6.42 Å². The molecule has 0 spiro atoms. The summed E-state index contributed by atoms with van der Waals surface area (Å²) in [6.45, 7) is 5.87. The zero-order chi connectivity index (χ0) is 14.7. The summed E-state index contributed by atoms with van der Waals surface area (Å²) in [4.78, 5) is 0.0579. The smallest absolute Gasteiger partial charge is 0.376 e. The van der Waals surface area contributed by atoms with E-state index < -0.39 is 8.80 Å². The number of rotatable bonds is 6. The van der Waals surface area contributed by atoms with Gasteiger partial charge in [0.2, 0.25) is 0 Å². The average Bonchev–Trinajstić information content (AvgIpc) is 2.50. The largest absolute Gasteiger partial charge is 0.513 e. The predicted molar refractivity (Wildman–Crippen MR) is 90.7 cm³/mol. The van der Waals surface area contributed by atoms with Crippen LogP contribution in [-0.2, 0) is 13.3 Å². The molecule has 1 heterocycles. The first-order valence-electron chi connectivity index (χ1n) is 7.06. The fourth-order valence-corrected chi connectivity index (χ4v) is 7.43. The highest BCUT2D eigenvalue weighted by molar-refractivity contribution is 7.83. The lowest BCUT2D eigenvalue weighted by atomic mass is 10.3. The molecule has 1 rings (SSSR count). The third kappa shape index (κ3) is 6.59. The standard InChI is InChI=1S/C7H14Si.C6H16O3SSi/c1-2-8-6-4-3-5-7-8;1-5-6(10)11(7-2,8-3)9-4/h2,8H,1,3-7H2;6,10H,5H2,1-4H3. The van der Waals surface area contributed by atoms with Crippen LogP contribution in [-0.4, -0.2) is 43.8 Å². The first-order chi connectivity index (χ1) is 9.10. The maximum absolute atomic E-state index is 5.21. The van der Waals surface area contributed by atoms with Crippen LogP contribution in [0.2, 0.25) is 12.1 Å². The Morgan fingerprint density at radius 1 is 1.16 bits per heavy atom. The Bertz CT molecular complexity index is 224. The molecule has 114 valence electrons. The minimum absolute atomic E-state index is 0.0579. The van der Waals surface area contributed by atoms with Gasteiger partial charge in [-0.3, -0.25) is 0 Å². The van der Waals surface area contributed by atoms with E-state index in [0.29, 0.717) is 0 Å². The van der Waals surface area contributed by atoms with Gasteiger partial charge in [0, 0.05) is 21.3 Å². The lowest BCUT2D eigenvalue weighted by Crippen LogP contribution is -2.51. The van der Waals surface area contributed by atoms with Gasteiger partial charge in [0.25, 0.3) is 0 Å². The van der Waals surface area contributed by atoms with Crippen LogP contribution in [0.25, 0.3) is 0 Å². The van der Waals surface area contributed by atoms with Gasteiger partial charge in [-0.2, -0.15) is 12.6 Å². The van der Waals surface area contributed by atoms with E-state index in [2.05, 4.69) is 24.9 Å². The lowest BCUT2D eigenvalue weighted by Gasteiger charge is -2.28. The van der Waals surface area contributed by atoms with Gasteiger partial charge in [0.15, 0.2) is 0 Å². The Morgan fingerprint density at radius 3 is 1.84 bits per heavy atom. The predicted octanol–water partition coefficient (Wildman–Crippen LogP) is 3.23. The second-order valence-corrected chi connectivity index (χ2v) is 12.2. The Hall–Kier alpha value is 0.404. The van der Waals surface area contributed by atoms with Crippen LogP contribution in [0.15, 0.2) is 12.3 Å². The van der Waals surface area contributed by atoms with E-state index >= 15 is 0 Å². The minimum atomic E-state index is -2.46. The van der Waals surface area contributed by atoms with Crippen molar-refractivity contribution >= 4 is 30.2 Å². The van der Waals surface area contributed by atoms with Crippen molar-refractivity contribution in [3.05, 3.63) is 12.3 Å². The summed E-state index contributed by atoms with van der Waals surface area (Å²) in [5.74, 6) is 0. The fourth-order valence-electron chi connectivity index (χ4n) is 2.28. The van der Waals surface area contributed by atoms with Crippen LogP contribution in [0.4, 0.5) is 0 Å². The molecule has 0 bridgehead atoms. The molecule has 1 atom stereocenters. The monoisotopic (exact) mass is 322 g/mol. The molecule has 1 saturated heterocycles. The second-order valence-electron chi connectivity index (χ2n) is 4.77. The van der Waals surface area contributed by atoms with Crippen LogP contribution in [0.5, 0.6) is 0 Å². The summed E-state index contributed by atoms with van der Waals surface area (Å²) < 4.78 is 15.6. The normalized spacial score (nSPS) is 18.4. The van der Waals surface area contributed by atoms with Crippen molar-refractivity contribution in [3.8, 4) is 0 Å². The Labute approximate surface area is 127 Å². The average molecular weight is 323 g/mol. The molecule has 0 amide bonds. The van der Waals surface area contributed by atoms with Gasteiger partial charge < -0.3 is 13.3 Å². The maximum atomic E-state index is 5.21. The van der Waals surface area contributed by atoms with Crippen molar-refractivity contribution in [1.29, 1.82) is 0 Å². The van der Waals surface area contributed by atoms with Crippen molar-refractivity contribution in [2.45, 2.75) is 49.6 Å². The van der Waals surface area contributed by atoms with Crippen LogP contribution < -0.4 is 0 Å². The van der Waals surface area contributed by atoms with E-state index in [1.807, 2.05) is 6.92 Å². The van der Waals surface area contributed by atoms with E-state index in [1.54, 1.807) is 21.3 Å². The molecule has 0 aromatic carbocycles. The maximum Gasteiger partial charge on any atom is 0.513 e. The molecule has 0 saturated carbocycles. The summed E-state index contributed by atoms with van der Waals surface area (Å²) >= 11 is 4.34. The van der Waals surface area contributed by atoms with Crippen molar-refractivity contribution in [2.24, 2.45) is 0 Å². The van der Waals surface area contributed by atoms with Crippen LogP contribution in [0.3, 0.4) is 0 Å². The van der Waals surface area contributed by atoms with E-state index in [9.17, 15) is 0 Å². The molecule has 3 nitrogen and oxygen atoms in total. The summed E-state index contributed by atoms with van der Waals surface area (Å²) in [5, 5.41) is 0. The first-order valence-corrected chi connectivity index (χ1v) is 11.7. The van der Waals surface area contributed by atoms with Gasteiger partial charge in [-0.25, -0.2) is 0 Å². The minimum Gasteiger partial charge on any atom is -0.376 e. The van der Waals surface area contributed by atoms with Gasteiger partial charge in [0.1, 0.15) is 0 Å². The summed E-state index contributed by atoms with van der Waals surface area (Å²) in [7, 11) is 1.99. The van der Waals surface area contributed by atoms with Crippen molar-refractivity contribution < 1.29 is 13.3 Å². The molecular formula is C13H30O3SSi2. The van der Waals surface area contributed by atoms with Gasteiger partial charge in [0.05, 0.1) is 13.7 Å². The molecule has 1 aliphatic heterocycles. The number of thiol groups is 1. The quantitative estimate of drug-likeness (QED) is 0.601. The van der Waals surface area contributed by atoms with Gasteiger partial charge >= 0.3 is 8.80 Å². The Balaban J connectivity index is 0.000000356. The van der Waals surface area contributed by atoms with E-state index in [-0.39, 0.29) is 13.7 Å². The molecule has 0 aromatic rings. The highest BCUT2D eigenvalue weighted by atomic mass is 32.1. The first kappa shape index (κ1) is 19.4. The summed E-state index contributed by atoms with van der Waals surface area (Å²) in [6.07, 6.45) is 5.34. The molecule has 19 heavy (non-hydrogen) atoms. The molecule has 0 aromatic heterocycles. The number of hydrogen-bond donors (Lipinski definition) is 1. The van der Waals surface area contributed by atoms with E-state index in [1.165, 1.54) is 31.4 Å². The van der Waals surface area contributed by atoms with Crippen molar-refractivity contribution in [3.63, 3.8) is 0 Å². The zero-order valence-corrected chi connectivity index (χ0v) is 15.9. The molecule has 0 radical (unpaired) electrons. The molecule has 0 N–H and O–H groups in total. The van der Waals surface area contributed by atoms with E-state index in [0.717, 1.165) is 6.42 Å². The zero-order valence-electron chi connectivity index (χ0n) is 12.9. The van der Waals surface area contributed by atoms with Gasteiger partial charge in [-0.15, -0.1) is 12.3 Å². The van der Waals surface area contributed by atoms with Crippen LogP contribution in [0.1, 0.15) is 32.6 Å². The molecule has 6 heteroatoms. The van der Waals surface area contributed by atoms with Crippen molar-refractivity contribution in [2.75, 3.05) is 21.3 Å². The molecule has 1 fully saturated rings. The number of hydrogen-bond acceptors (Lipinski definition) is 4. The van der Waals surface area contributed by atoms with Gasteiger partial charge in [-0.1, -0.05) is 38.3 Å². The topological polar surface area (TPSA) is 27.7 Å². The van der Waals surface area contributed by atoms with E-state index in [4.69, 9.17) is 13.3 Å². The third-order valence-electron chi connectivity index (χ3n) is 3.63. The van der Waals surface area contributed by atoms with Crippen LogP contribution >= 0.6 is 12.6 Å². The molecule has 1 aliphatic rings. The highest BCUT2D eigenvalue weighted by Gasteiger charge is 2.44. The SMILES string of the molecule is C=C[SiH]1CCCCC1.CCC(S)[Si](OC)(OC)OC. The fraction of sp³-hybridized carbons (Fsp3) is 0.846. The summed E-state index contributed by atoms with van der Waals surface area (Å²) in [5.41, 5.74) is 2.25. The summed E-state index contributed by atoms with van der Waals surface area (Å²) in [6, 6.07) is 3.06. The molecule has 0 aliphatic carbocycles.